The van der Waals surface area contributed by atoms with Gasteiger partial charge in [-0.3, -0.25) is 0 Å². The smallest absolute Gasteiger partial charge is 0.120 e. The predicted molar refractivity (Wildman–Crippen MR) is 54.9 cm³/mol. The van der Waals surface area contributed by atoms with E-state index in [2.05, 4.69) is 13.8 Å². The first-order chi connectivity index (χ1) is 6.31. The molecule has 0 heterocycles. The van der Waals surface area contributed by atoms with Gasteiger partial charge in [-0.15, -0.1) is 0 Å². The van der Waals surface area contributed by atoms with Gasteiger partial charge in [0.15, 0.2) is 0 Å². The summed E-state index contributed by atoms with van der Waals surface area (Å²) in [5.74, 6) is 0. The molecule has 0 amide bonds. The molecule has 0 aliphatic carbocycles. The normalized spacial score (nSPS) is 12.8. The van der Waals surface area contributed by atoms with Crippen molar-refractivity contribution in [3.63, 3.8) is 0 Å². The Bertz CT molecular complexity index is 113. The van der Waals surface area contributed by atoms with Crippen molar-refractivity contribution >= 4 is 6.29 Å². The van der Waals surface area contributed by atoms with Gasteiger partial charge in [0, 0.05) is 13.0 Å². The van der Waals surface area contributed by atoms with Crippen LogP contribution in [-0.4, -0.2) is 19.0 Å². The summed E-state index contributed by atoms with van der Waals surface area (Å²) in [6, 6.07) is 0. The van der Waals surface area contributed by atoms with E-state index in [1.165, 1.54) is 19.3 Å². The maximum Gasteiger partial charge on any atom is 0.120 e. The van der Waals surface area contributed by atoms with Gasteiger partial charge in [0.2, 0.25) is 0 Å². The molecule has 0 fully saturated rings. The maximum atomic E-state index is 10.0. The molecule has 0 bridgehead atoms. The van der Waals surface area contributed by atoms with E-state index in [4.69, 9.17) is 4.74 Å². The first-order valence-electron chi connectivity index (χ1n) is 5.36. The Morgan fingerprint density at radius 2 is 2.08 bits per heavy atom. The summed E-state index contributed by atoms with van der Waals surface area (Å²) in [5.41, 5.74) is 0. The lowest BCUT2D eigenvalue weighted by atomic mass is 10.1. The molecule has 0 rings (SSSR count). The lowest BCUT2D eigenvalue weighted by Crippen LogP contribution is -2.09. The molecule has 2 heteroatoms. The average molecular weight is 186 g/mol. The van der Waals surface area contributed by atoms with Crippen LogP contribution in [0.5, 0.6) is 0 Å². The molecule has 1 atom stereocenters. The zero-order valence-corrected chi connectivity index (χ0v) is 8.92. The summed E-state index contributed by atoms with van der Waals surface area (Å²) in [6.07, 6.45) is 7.76. The van der Waals surface area contributed by atoms with E-state index in [1.807, 2.05) is 0 Å². The minimum Gasteiger partial charge on any atom is -0.378 e. The average Bonchev–Trinajstić information content (AvgIpc) is 2.13. The zero-order valence-electron chi connectivity index (χ0n) is 8.92. The Hall–Kier alpha value is -0.370. The van der Waals surface area contributed by atoms with E-state index in [0.29, 0.717) is 12.5 Å². The van der Waals surface area contributed by atoms with Crippen LogP contribution >= 0.6 is 0 Å². The van der Waals surface area contributed by atoms with Crippen LogP contribution in [-0.2, 0) is 9.53 Å². The van der Waals surface area contributed by atoms with Gasteiger partial charge in [-0.25, -0.2) is 0 Å². The van der Waals surface area contributed by atoms with Crippen LogP contribution < -0.4 is 0 Å². The number of carbonyl (C=O) groups is 1. The molecular formula is C11H22O2. The van der Waals surface area contributed by atoms with Crippen molar-refractivity contribution in [1.29, 1.82) is 0 Å². The Kier molecular flexibility index (Phi) is 9.44. The van der Waals surface area contributed by atoms with E-state index in [1.54, 1.807) is 0 Å². The second-order valence-corrected chi connectivity index (χ2v) is 3.49. The van der Waals surface area contributed by atoms with Crippen molar-refractivity contribution in [1.82, 2.24) is 0 Å². The molecule has 0 aliphatic heterocycles. The largest absolute Gasteiger partial charge is 0.378 e. The highest BCUT2D eigenvalue weighted by molar-refractivity contribution is 5.48. The van der Waals surface area contributed by atoms with E-state index in [-0.39, 0.29) is 0 Å². The molecule has 13 heavy (non-hydrogen) atoms. The maximum absolute atomic E-state index is 10.0. The number of hydrogen-bond donors (Lipinski definition) is 0. The highest BCUT2D eigenvalue weighted by Crippen LogP contribution is 2.06. The molecule has 0 saturated heterocycles. The summed E-state index contributed by atoms with van der Waals surface area (Å²) >= 11 is 0. The van der Waals surface area contributed by atoms with Gasteiger partial charge >= 0.3 is 0 Å². The monoisotopic (exact) mass is 186 g/mol. The fraction of sp³-hybridized carbons (Fsp3) is 0.909. The molecule has 78 valence electrons. The van der Waals surface area contributed by atoms with E-state index >= 15 is 0 Å². The lowest BCUT2D eigenvalue weighted by molar-refractivity contribution is -0.108. The molecule has 0 aromatic heterocycles. The number of unbranched alkanes of at least 4 members (excludes halogenated alkanes) is 3. The Morgan fingerprint density at radius 1 is 1.31 bits per heavy atom. The van der Waals surface area contributed by atoms with Gasteiger partial charge in [0.1, 0.15) is 6.29 Å². The van der Waals surface area contributed by atoms with Crippen molar-refractivity contribution in [2.24, 2.45) is 0 Å². The van der Waals surface area contributed by atoms with Crippen LogP contribution in [0.4, 0.5) is 0 Å². The number of aldehydes is 1. The quantitative estimate of drug-likeness (QED) is 0.409. The summed E-state index contributed by atoms with van der Waals surface area (Å²) in [7, 11) is 0. The fourth-order valence-corrected chi connectivity index (χ4v) is 1.22. The summed E-state index contributed by atoms with van der Waals surface area (Å²) in [5, 5.41) is 0. The van der Waals surface area contributed by atoms with Gasteiger partial charge < -0.3 is 9.53 Å². The van der Waals surface area contributed by atoms with Crippen molar-refractivity contribution in [3.8, 4) is 0 Å². The number of rotatable bonds is 9. The van der Waals surface area contributed by atoms with Crippen LogP contribution in [0.25, 0.3) is 0 Å². The third kappa shape index (κ3) is 9.54. The van der Waals surface area contributed by atoms with Crippen molar-refractivity contribution in [2.75, 3.05) is 6.61 Å². The molecule has 0 aromatic carbocycles. The minimum atomic E-state index is 0.359. The van der Waals surface area contributed by atoms with Crippen LogP contribution in [0.1, 0.15) is 52.4 Å². The van der Waals surface area contributed by atoms with E-state index < -0.39 is 0 Å². The zero-order chi connectivity index (χ0) is 9.94. The standard InChI is InChI=1S/C11H22O2/c1-3-4-5-8-11(2)13-10-7-6-9-12/h9,11H,3-8,10H2,1-2H3. The van der Waals surface area contributed by atoms with Gasteiger partial charge in [-0.05, 0) is 19.8 Å². The molecule has 0 aromatic rings. The summed E-state index contributed by atoms with van der Waals surface area (Å²) in [6.45, 7) is 5.04. The lowest BCUT2D eigenvalue weighted by Gasteiger charge is -2.11. The Morgan fingerprint density at radius 3 is 2.69 bits per heavy atom. The third-order valence-electron chi connectivity index (χ3n) is 2.08. The second-order valence-electron chi connectivity index (χ2n) is 3.49. The van der Waals surface area contributed by atoms with Gasteiger partial charge in [0.05, 0.1) is 6.10 Å². The van der Waals surface area contributed by atoms with Crippen molar-refractivity contribution in [2.45, 2.75) is 58.5 Å². The molecule has 1 unspecified atom stereocenters. The number of carbonyl (C=O) groups excluding carboxylic acids is 1. The fourth-order valence-electron chi connectivity index (χ4n) is 1.22. The predicted octanol–water partition coefficient (Wildman–Crippen LogP) is 2.95. The molecular weight excluding hydrogens is 164 g/mol. The molecule has 2 nitrogen and oxygen atoms in total. The molecule has 0 spiro atoms. The van der Waals surface area contributed by atoms with E-state index in [0.717, 1.165) is 25.7 Å². The van der Waals surface area contributed by atoms with Gasteiger partial charge in [-0.2, -0.15) is 0 Å². The molecule has 0 aliphatic rings. The number of ether oxygens (including phenoxy) is 1. The van der Waals surface area contributed by atoms with Crippen molar-refractivity contribution in [3.05, 3.63) is 0 Å². The van der Waals surface area contributed by atoms with Gasteiger partial charge in [-0.1, -0.05) is 26.2 Å². The SMILES string of the molecule is CCCCCC(C)OCCCC=O. The summed E-state index contributed by atoms with van der Waals surface area (Å²) < 4.78 is 5.53. The van der Waals surface area contributed by atoms with Crippen LogP contribution in [0.3, 0.4) is 0 Å². The van der Waals surface area contributed by atoms with Crippen LogP contribution in [0, 0.1) is 0 Å². The molecule has 0 radical (unpaired) electrons. The van der Waals surface area contributed by atoms with Crippen LogP contribution in [0.15, 0.2) is 0 Å². The number of hydrogen-bond acceptors (Lipinski definition) is 2. The van der Waals surface area contributed by atoms with Crippen LogP contribution in [0.2, 0.25) is 0 Å². The first-order valence-corrected chi connectivity index (χ1v) is 5.36. The highest BCUT2D eigenvalue weighted by Gasteiger charge is 2.00. The molecule has 0 saturated carbocycles. The molecule has 0 N–H and O–H groups in total. The topological polar surface area (TPSA) is 26.3 Å². The van der Waals surface area contributed by atoms with E-state index in [9.17, 15) is 4.79 Å². The van der Waals surface area contributed by atoms with Crippen molar-refractivity contribution < 1.29 is 9.53 Å². The minimum absolute atomic E-state index is 0.359. The summed E-state index contributed by atoms with van der Waals surface area (Å²) in [4.78, 5) is 10.0. The Labute approximate surface area is 81.7 Å². The highest BCUT2D eigenvalue weighted by atomic mass is 16.5. The second kappa shape index (κ2) is 9.72. The first kappa shape index (κ1) is 12.6. The Balaban J connectivity index is 3.09. The third-order valence-corrected chi connectivity index (χ3v) is 2.08. The van der Waals surface area contributed by atoms with Gasteiger partial charge in [0.25, 0.3) is 0 Å².